The Balaban J connectivity index is 1.29. The summed E-state index contributed by atoms with van der Waals surface area (Å²) in [4.78, 5) is 33.8. The number of hydrogen-bond donors (Lipinski definition) is 1. The lowest BCUT2D eigenvalue weighted by Gasteiger charge is -2.24. The number of likely N-dealkylation sites (tertiary alicyclic amines) is 1. The van der Waals surface area contributed by atoms with Crippen molar-refractivity contribution in [2.45, 2.75) is 32.4 Å². The summed E-state index contributed by atoms with van der Waals surface area (Å²) >= 11 is 6.07. The fraction of sp³-hybridized carbons (Fsp3) is 0.276. The van der Waals surface area contributed by atoms with E-state index in [2.05, 4.69) is 10.3 Å². The zero-order chi connectivity index (χ0) is 25.6. The third-order valence-electron chi connectivity index (χ3n) is 6.50. The minimum atomic E-state index is -0.0741. The number of carbonyl (C=O) groups excluding carboxylic acids is 2. The second-order valence-corrected chi connectivity index (χ2v) is 9.67. The van der Waals surface area contributed by atoms with Crippen LogP contribution in [-0.4, -0.2) is 46.2 Å². The van der Waals surface area contributed by atoms with Gasteiger partial charge in [-0.25, -0.2) is 0 Å². The molecular weight excluding hydrogens is 488 g/mol. The molecule has 1 aromatic heterocycles. The Hall–Kier alpha value is -3.84. The number of anilines is 1. The molecule has 2 heterocycles. The SMILES string of the molecule is O=C1CCCN1CCCN(Cc1ccccc1)C(=O)c1ccc2oc(NCc3cccc(Cl)c3)nc2c1. The second kappa shape index (κ2) is 11.5. The molecule has 37 heavy (non-hydrogen) atoms. The first-order valence-electron chi connectivity index (χ1n) is 12.5. The van der Waals surface area contributed by atoms with Gasteiger partial charge in [0.15, 0.2) is 5.58 Å². The van der Waals surface area contributed by atoms with Crippen molar-refractivity contribution in [3.63, 3.8) is 0 Å². The third-order valence-corrected chi connectivity index (χ3v) is 6.73. The highest BCUT2D eigenvalue weighted by atomic mass is 35.5. The van der Waals surface area contributed by atoms with Crippen LogP contribution in [0.5, 0.6) is 0 Å². The molecule has 1 saturated heterocycles. The highest BCUT2D eigenvalue weighted by Gasteiger charge is 2.22. The summed E-state index contributed by atoms with van der Waals surface area (Å²) in [7, 11) is 0. The zero-order valence-electron chi connectivity index (χ0n) is 20.5. The first kappa shape index (κ1) is 24.8. The predicted octanol–water partition coefficient (Wildman–Crippen LogP) is 5.75. The quantitative estimate of drug-likeness (QED) is 0.290. The molecule has 3 aromatic carbocycles. The highest BCUT2D eigenvalue weighted by Crippen LogP contribution is 2.23. The van der Waals surface area contributed by atoms with Crippen LogP contribution in [0.25, 0.3) is 11.1 Å². The molecule has 0 aliphatic carbocycles. The highest BCUT2D eigenvalue weighted by molar-refractivity contribution is 6.30. The Labute approximate surface area is 221 Å². The first-order valence-corrected chi connectivity index (χ1v) is 12.9. The van der Waals surface area contributed by atoms with E-state index in [4.69, 9.17) is 16.0 Å². The van der Waals surface area contributed by atoms with Crippen molar-refractivity contribution in [3.8, 4) is 0 Å². The lowest BCUT2D eigenvalue weighted by Crippen LogP contribution is -2.34. The van der Waals surface area contributed by atoms with E-state index >= 15 is 0 Å². The summed E-state index contributed by atoms with van der Waals surface area (Å²) in [5.74, 6) is 0.132. The maximum absolute atomic E-state index is 13.6. The number of halogens is 1. The number of nitrogens with zero attached hydrogens (tertiary/aromatic N) is 3. The van der Waals surface area contributed by atoms with Crippen LogP contribution in [0.2, 0.25) is 5.02 Å². The van der Waals surface area contributed by atoms with Gasteiger partial charge in [-0.15, -0.1) is 0 Å². The molecule has 1 aliphatic heterocycles. The van der Waals surface area contributed by atoms with E-state index in [9.17, 15) is 9.59 Å². The molecule has 1 N–H and O–H groups in total. The molecule has 0 unspecified atom stereocenters. The smallest absolute Gasteiger partial charge is 0.295 e. The van der Waals surface area contributed by atoms with Crippen molar-refractivity contribution in [3.05, 3.63) is 94.5 Å². The van der Waals surface area contributed by atoms with E-state index < -0.39 is 0 Å². The van der Waals surface area contributed by atoms with Crippen LogP contribution in [0, 0.1) is 0 Å². The van der Waals surface area contributed by atoms with E-state index in [1.54, 1.807) is 18.2 Å². The number of carbonyl (C=O) groups is 2. The molecule has 1 aliphatic rings. The minimum Gasteiger partial charge on any atom is -0.424 e. The Morgan fingerprint density at radius 1 is 1.05 bits per heavy atom. The van der Waals surface area contributed by atoms with Crippen LogP contribution in [-0.2, 0) is 17.9 Å². The number of nitrogens with one attached hydrogen (secondary N) is 1. The summed E-state index contributed by atoms with van der Waals surface area (Å²) in [5.41, 5.74) is 3.84. The maximum Gasteiger partial charge on any atom is 0.295 e. The van der Waals surface area contributed by atoms with Gasteiger partial charge in [-0.3, -0.25) is 9.59 Å². The van der Waals surface area contributed by atoms with Gasteiger partial charge in [0.05, 0.1) is 0 Å². The Morgan fingerprint density at radius 3 is 2.68 bits per heavy atom. The first-order chi connectivity index (χ1) is 18.0. The van der Waals surface area contributed by atoms with E-state index in [1.165, 1.54) is 0 Å². The molecule has 4 aromatic rings. The molecular formula is C29H29ClN4O3. The molecule has 0 radical (unpaired) electrons. The van der Waals surface area contributed by atoms with Crippen molar-refractivity contribution in [1.29, 1.82) is 0 Å². The summed E-state index contributed by atoms with van der Waals surface area (Å²) < 4.78 is 5.83. The second-order valence-electron chi connectivity index (χ2n) is 9.24. The molecule has 0 saturated carbocycles. The van der Waals surface area contributed by atoms with Crippen LogP contribution in [0.15, 0.2) is 77.2 Å². The molecule has 0 atom stereocenters. The van der Waals surface area contributed by atoms with Crippen LogP contribution >= 0.6 is 11.6 Å². The van der Waals surface area contributed by atoms with Gasteiger partial charge in [0, 0.05) is 49.7 Å². The van der Waals surface area contributed by atoms with Gasteiger partial charge >= 0.3 is 0 Å². The lowest BCUT2D eigenvalue weighted by atomic mass is 10.1. The fourth-order valence-corrected chi connectivity index (χ4v) is 4.81. The molecule has 2 amide bonds. The molecule has 1 fully saturated rings. The number of fused-ring (bicyclic) bond motifs is 1. The largest absolute Gasteiger partial charge is 0.424 e. The van der Waals surface area contributed by atoms with Crippen molar-refractivity contribution >= 4 is 40.5 Å². The monoisotopic (exact) mass is 516 g/mol. The number of aromatic nitrogens is 1. The zero-order valence-corrected chi connectivity index (χ0v) is 21.3. The number of rotatable bonds is 10. The van der Waals surface area contributed by atoms with Crippen molar-refractivity contribution in [1.82, 2.24) is 14.8 Å². The van der Waals surface area contributed by atoms with E-state index in [1.807, 2.05) is 64.4 Å². The Bertz CT molecular complexity index is 1390. The summed E-state index contributed by atoms with van der Waals surface area (Å²) in [5, 5.41) is 3.85. The minimum absolute atomic E-state index is 0.0741. The van der Waals surface area contributed by atoms with Crippen LogP contribution < -0.4 is 5.32 Å². The van der Waals surface area contributed by atoms with E-state index in [-0.39, 0.29) is 11.8 Å². The van der Waals surface area contributed by atoms with Crippen molar-refractivity contribution in [2.75, 3.05) is 25.0 Å². The van der Waals surface area contributed by atoms with Crippen molar-refractivity contribution in [2.24, 2.45) is 0 Å². The van der Waals surface area contributed by atoms with Crippen LogP contribution in [0.4, 0.5) is 6.01 Å². The van der Waals surface area contributed by atoms with Gasteiger partial charge < -0.3 is 19.5 Å². The molecule has 0 spiro atoms. The number of amides is 2. The van der Waals surface area contributed by atoms with Crippen LogP contribution in [0.3, 0.4) is 0 Å². The average Bonchev–Trinajstić information content (AvgIpc) is 3.52. The third kappa shape index (κ3) is 6.30. The standard InChI is InChI=1S/C29H29ClN4O3/c30-24-10-4-9-22(17-24)19-31-29-32-25-18-23(12-13-26(25)37-29)28(36)34(20-21-7-2-1-3-8-21)16-6-15-33-14-5-11-27(33)35/h1-4,7-10,12-13,17-18H,5-6,11,14-16,19-20H2,(H,31,32). The van der Waals surface area contributed by atoms with Gasteiger partial charge in [0.25, 0.3) is 11.9 Å². The van der Waals surface area contributed by atoms with Gasteiger partial charge in [-0.05, 0) is 54.3 Å². The van der Waals surface area contributed by atoms with Crippen molar-refractivity contribution < 1.29 is 14.0 Å². The Morgan fingerprint density at radius 2 is 1.89 bits per heavy atom. The average molecular weight is 517 g/mol. The Kier molecular flexibility index (Phi) is 7.70. The van der Waals surface area contributed by atoms with E-state index in [0.29, 0.717) is 60.3 Å². The number of hydrogen-bond acceptors (Lipinski definition) is 5. The predicted molar refractivity (Wildman–Crippen MR) is 144 cm³/mol. The summed E-state index contributed by atoms with van der Waals surface area (Å²) in [6.07, 6.45) is 2.27. The molecule has 5 rings (SSSR count). The molecule has 7 nitrogen and oxygen atoms in total. The van der Waals surface area contributed by atoms with Gasteiger partial charge in [0.2, 0.25) is 5.91 Å². The number of oxazole rings is 1. The van der Waals surface area contributed by atoms with Gasteiger partial charge in [0.1, 0.15) is 5.52 Å². The topological polar surface area (TPSA) is 78.7 Å². The normalized spacial score (nSPS) is 13.3. The summed E-state index contributed by atoms with van der Waals surface area (Å²) in [6.45, 7) is 3.05. The van der Waals surface area contributed by atoms with E-state index in [0.717, 1.165) is 30.5 Å². The lowest BCUT2D eigenvalue weighted by molar-refractivity contribution is -0.127. The maximum atomic E-state index is 13.6. The fourth-order valence-electron chi connectivity index (χ4n) is 4.59. The van der Waals surface area contributed by atoms with Crippen LogP contribution in [0.1, 0.15) is 40.7 Å². The molecule has 0 bridgehead atoms. The van der Waals surface area contributed by atoms with Gasteiger partial charge in [-0.1, -0.05) is 54.1 Å². The molecule has 8 heteroatoms. The molecule has 190 valence electrons. The van der Waals surface area contributed by atoms with Gasteiger partial charge in [-0.2, -0.15) is 4.98 Å². The summed E-state index contributed by atoms with van der Waals surface area (Å²) in [6, 6.07) is 23.2. The number of benzene rings is 3.